The maximum atomic E-state index is 15.3. The van der Waals surface area contributed by atoms with E-state index < -0.39 is 33.4 Å². The molecule has 0 aliphatic carbocycles. The van der Waals surface area contributed by atoms with Crippen LogP contribution in [0.25, 0.3) is 0 Å². The van der Waals surface area contributed by atoms with Crippen LogP contribution in [0.4, 0.5) is 5.69 Å². The number of amides is 3. The Balaban J connectivity index is 1.47. The summed E-state index contributed by atoms with van der Waals surface area (Å²) in [6.45, 7) is 12.4. The summed E-state index contributed by atoms with van der Waals surface area (Å²) in [6.07, 6.45) is 5.01. The first-order valence-electron chi connectivity index (χ1n) is 16.9. The number of rotatable bonds is 13. The van der Waals surface area contributed by atoms with E-state index in [0.29, 0.717) is 43.1 Å². The molecule has 3 saturated heterocycles. The van der Waals surface area contributed by atoms with Crippen molar-refractivity contribution in [1.82, 2.24) is 9.80 Å². The number of carbonyl (C=O) groups excluding carboxylic acids is 3. The van der Waals surface area contributed by atoms with Crippen LogP contribution in [-0.2, 0) is 27.3 Å². The van der Waals surface area contributed by atoms with Gasteiger partial charge in [0, 0.05) is 24.4 Å². The summed E-state index contributed by atoms with van der Waals surface area (Å²) in [5.74, 6) is -2.05. The Labute approximate surface area is 298 Å². The van der Waals surface area contributed by atoms with Gasteiger partial charge in [-0.05, 0) is 55.9 Å². The van der Waals surface area contributed by atoms with Gasteiger partial charge in [-0.2, -0.15) is 0 Å². The molecule has 1 N–H and O–H groups in total. The highest BCUT2D eigenvalue weighted by atomic mass is 35.5. The Morgan fingerprint density at radius 2 is 1.63 bits per heavy atom. The van der Waals surface area contributed by atoms with Crippen LogP contribution in [-0.4, -0.2) is 73.9 Å². The molecular weight excluding hydrogens is 654 g/mol. The minimum absolute atomic E-state index is 0.111. The number of thioether (sulfide) groups is 1. The predicted octanol–water partition coefficient (Wildman–Crippen LogP) is 6.47. The molecule has 3 aliphatic heterocycles. The fourth-order valence-electron chi connectivity index (χ4n) is 8.47. The maximum absolute atomic E-state index is 15.3. The number of aryl methyl sites for hydroxylation is 1. The van der Waals surface area contributed by atoms with Gasteiger partial charge < -0.3 is 19.8 Å². The SMILES string of the molecule is C=CCN(Cc1ccccc1)C(=O)[C@H]1[C@H]2C(=O)N([C@@H](CO)Cc3ccccc3)C(C(=O)N(CC=C)c3c(C)cccc3Cl)C23CC[C@]1(C)S3. The Bertz CT molecular complexity index is 1720. The van der Waals surface area contributed by atoms with E-state index in [0.717, 1.165) is 16.7 Å². The van der Waals surface area contributed by atoms with Gasteiger partial charge in [0.05, 0.1) is 39.9 Å². The first-order valence-corrected chi connectivity index (χ1v) is 18.1. The van der Waals surface area contributed by atoms with Crippen LogP contribution >= 0.6 is 23.4 Å². The van der Waals surface area contributed by atoms with Crippen molar-refractivity contribution in [2.24, 2.45) is 11.8 Å². The second kappa shape index (κ2) is 14.2. The summed E-state index contributed by atoms with van der Waals surface area (Å²) in [5, 5.41) is 11.4. The molecule has 0 aromatic heterocycles. The number of carbonyl (C=O) groups is 3. The summed E-state index contributed by atoms with van der Waals surface area (Å²) in [6, 6.07) is 23.4. The van der Waals surface area contributed by atoms with Crippen LogP contribution in [0, 0.1) is 18.8 Å². The molecule has 2 unspecified atom stereocenters. The highest BCUT2D eigenvalue weighted by Gasteiger charge is 2.78. The summed E-state index contributed by atoms with van der Waals surface area (Å²) >= 11 is 8.39. The highest BCUT2D eigenvalue weighted by molar-refractivity contribution is 8.02. The quantitative estimate of drug-likeness (QED) is 0.207. The van der Waals surface area contributed by atoms with Crippen molar-refractivity contribution in [2.75, 3.05) is 24.6 Å². The van der Waals surface area contributed by atoms with Gasteiger partial charge in [0.15, 0.2) is 0 Å². The van der Waals surface area contributed by atoms with Gasteiger partial charge in [-0.1, -0.05) is 96.5 Å². The lowest BCUT2D eigenvalue weighted by atomic mass is 9.66. The molecule has 7 nitrogen and oxygen atoms in total. The molecule has 3 heterocycles. The zero-order valence-electron chi connectivity index (χ0n) is 28.1. The predicted molar refractivity (Wildman–Crippen MR) is 197 cm³/mol. The van der Waals surface area contributed by atoms with Crippen LogP contribution in [0.15, 0.2) is 104 Å². The minimum Gasteiger partial charge on any atom is -0.394 e. The second-order valence-corrected chi connectivity index (χ2v) is 15.9. The Kier molecular flexibility index (Phi) is 10.1. The standard InChI is InChI=1S/C40H44ClN3O4S/c1-5-22-42(25-29-17-11-8-12-18-29)36(46)32-33-37(47)44(30(26-45)24-28-15-9-7-10-16-28)35(40(33)21-20-39(32,4)49-40)38(48)43(23-6-2)34-27(3)14-13-19-31(34)41/h5-19,30,32-33,35,45H,1-2,20-26H2,3-4H3/t30-,32-,33+,35?,39+,40?/m1/s1. The summed E-state index contributed by atoms with van der Waals surface area (Å²) in [5.41, 5.74) is 3.32. The Hall–Kier alpha value is -3.85. The largest absolute Gasteiger partial charge is 0.394 e. The highest BCUT2D eigenvalue weighted by Crippen LogP contribution is 2.72. The zero-order chi connectivity index (χ0) is 34.9. The number of fused-ring (bicyclic) bond motifs is 1. The molecule has 3 aliphatic rings. The molecule has 3 amide bonds. The molecule has 3 fully saturated rings. The third-order valence-corrected chi connectivity index (χ3v) is 12.8. The van der Waals surface area contributed by atoms with E-state index in [2.05, 4.69) is 20.1 Å². The number of likely N-dealkylation sites (tertiary alicyclic amines) is 1. The van der Waals surface area contributed by atoms with Gasteiger partial charge in [-0.15, -0.1) is 24.9 Å². The normalized spacial score (nSPS) is 25.9. The lowest BCUT2D eigenvalue weighted by Crippen LogP contribution is -2.58. The third kappa shape index (κ3) is 6.13. The van der Waals surface area contributed by atoms with Crippen molar-refractivity contribution < 1.29 is 19.5 Å². The van der Waals surface area contributed by atoms with E-state index >= 15 is 9.59 Å². The van der Waals surface area contributed by atoms with Gasteiger partial charge in [-0.25, -0.2) is 0 Å². The van der Waals surface area contributed by atoms with Gasteiger partial charge in [0.25, 0.3) is 5.91 Å². The molecule has 49 heavy (non-hydrogen) atoms. The second-order valence-electron chi connectivity index (χ2n) is 13.6. The van der Waals surface area contributed by atoms with Crippen molar-refractivity contribution >= 4 is 46.8 Å². The lowest BCUT2D eigenvalue weighted by molar-refractivity contribution is -0.146. The average Bonchev–Trinajstić information content (AvgIpc) is 3.67. The van der Waals surface area contributed by atoms with E-state index in [4.69, 9.17) is 11.6 Å². The van der Waals surface area contributed by atoms with Gasteiger partial charge in [0.2, 0.25) is 11.8 Å². The van der Waals surface area contributed by atoms with Gasteiger partial charge in [0.1, 0.15) is 6.04 Å². The molecule has 9 heteroatoms. The molecule has 6 rings (SSSR count). The van der Waals surface area contributed by atoms with E-state index in [1.807, 2.05) is 79.7 Å². The van der Waals surface area contributed by atoms with Crippen LogP contribution in [0.2, 0.25) is 5.02 Å². The minimum atomic E-state index is -0.937. The fourth-order valence-corrected chi connectivity index (χ4v) is 11.1. The van der Waals surface area contributed by atoms with E-state index in [-0.39, 0.29) is 30.9 Å². The smallest absolute Gasteiger partial charge is 0.251 e. The van der Waals surface area contributed by atoms with E-state index in [1.165, 1.54) is 0 Å². The molecule has 0 saturated carbocycles. The van der Waals surface area contributed by atoms with Crippen LogP contribution in [0.5, 0.6) is 0 Å². The Morgan fingerprint density at radius 1 is 0.980 bits per heavy atom. The molecule has 1 spiro atoms. The summed E-state index contributed by atoms with van der Waals surface area (Å²) in [4.78, 5) is 50.2. The van der Waals surface area contributed by atoms with Crippen LogP contribution < -0.4 is 4.90 Å². The number of anilines is 1. The van der Waals surface area contributed by atoms with Crippen molar-refractivity contribution in [2.45, 2.75) is 61.2 Å². The number of aliphatic hydroxyl groups is 1. The van der Waals surface area contributed by atoms with E-state index in [9.17, 15) is 9.90 Å². The van der Waals surface area contributed by atoms with Gasteiger partial charge in [-0.3, -0.25) is 14.4 Å². The van der Waals surface area contributed by atoms with Crippen LogP contribution in [0.3, 0.4) is 0 Å². The number of halogens is 1. The molecule has 3 aromatic rings. The first kappa shape index (κ1) is 35.0. The molecule has 6 atom stereocenters. The van der Waals surface area contributed by atoms with E-state index in [1.54, 1.807) is 44.7 Å². The summed E-state index contributed by atoms with van der Waals surface area (Å²) in [7, 11) is 0. The average molecular weight is 698 g/mol. The molecule has 256 valence electrons. The first-order chi connectivity index (χ1) is 23.6. The van der Waals surface area contributed by atoms with Crippen molar-refractivity contribution in [1.29, 1.82) is 0 Å². The third-order valence-electron chi connectivity index (χ3n) is 10.5. The number of aliphatic hydroxyl groups excluding tert-OH is 1. The number of hydrogen-bond donors (Lipinski definition) is 1. The van der Waals surface area contributed by atoms with Crippen molar-refractivity contribution in [3.05, 3.63) is 126 Å². The molecule has 2 bridgehead atoms. The summed E-state index contributed by atoms with van der Waals surface area (Å²) < 4.78 is -1.44. The van der Waals surface area contributed by atoms with Gasteiger partial charge >= 0.3 is 0 Å². The number of hydrogen-bond acceptors (Lipinski definition) is 5. The van der Waals surface area contributed by atoms with Crippen LogP contribution in [0.1, 0.15) is 36.5 Å². The number of benzene rings is 3. The van der Waals surface area contributed by atoms with Crippen molar-refractivity contribution in [3.8, 4) is 0 Å². The molecule has 0 radical (unpaired) electrons. The molecule has 3 aromatic carbocycles. The maximum Gasteiger partial charge on any atom is 0.251 e. The topological polar surface area (TPSA) is 81.2 Å². The van der Waals surface area contributed by atoms with Crippen molar-refractivity contribution in [3.63, 3.8) is 0 Å². The lowest BCUT2D eigenvalue weighted by Gasteiger charge is -2.40. The fraction of sp³-hybridized carbons (Fsp3) is 0.375. The number of nitrogens with zero attached hydrogens (tertiary/aromatic N) is 3. The zero-order valence-corrected chi connectivity index (χ0v) is 29.7. The number of para-hydroxylation sites is 1. The Morgan fingerprint density at radius 3 is 2.24 bits per heavy atom. The molecular formula is C40H44ClN3O4S. The monoisotopic (exact) mass is 697 g/mol.